The molecule has 4 aromatic rings. The molecule has 1 amide bonds. The summed E-state index contributed by atoms with van der Waals surface area (Å²) in [6.07, 6.45) is 0. The molecule has 3 N–H and O–H groups in total. The van der Waals surface area contributed by atoms with Gasteiger partial charge >= 0.3 is 5.69 Å². The van der Waals surface area contributed by atoms with E-state index in [2.05, 4.69) is 25.5 Å². The van der Waals surface area contributed by atoms with Gasteiger partial charge in [-0.25, -0.2) is 9.18 Å². The van der Waals surface area contributed by atoms with E-state index in [1.54, 1.807) is 41.8 Å². The van der Waals surface area contributed by atoms with Crippen LogP contribution in [0, 0.1) is 5.82 Å². The minimum Gasteiger partial charge on any atom is -0.378 e. The molecule has 0 radical (unpaired) electrons. The number of ether oxygens (including phenoxy) is 1. The molecular formula is C22H22FN7O3S. The summed E-state index contributed by atoms with van der Waals surface area (Å²) in [5.74, 6) is -0.0473. The molecule has 1 saturated heterocycles. The van der Waals surface area contributed by atoms with Gasteiger partial charge in [0, 0.05) is 18.8 Å². The molecule has 1 atom stereocenters. The van der Waals surface area contributed by atoms with Gasteiger partial charge in [-0.3, -0.25) is 9.36 Å². The van der Waals surface area contributed by atoms with E-state index in [0.717, 1.165) is 0 Å². The average Bonchev–Trinajstić information content (AvgIpc) is 3.41. The fourth-order valence-corrected chi connectivity index (χ4v) is 4.58. The zero-order valence-electron chi connectivity index (χ0n) is 18.2. The Morgan fingerprint density at radius 2 is 1.94 bits per heavy atom. The number of hydrogen-bond donors (Lipinski definition) is 3. The SMILES string of the molecule is CC(Sc1nnc(N2CCOCC2)n1-c1cccc(F)c1)C(=O)Nc1ccc2[nH]c(=O)[nH]c2c1. The zero-order chi connectivity index (χ0) is 23.7. The van der Waals surface area contributed by atoms with E-state index >= 15 is 0 Å². The minimum atomic E-state index is -0.532. The zero-order valence-corrected chi connectivity index (χ0v) is 19.1. The first-order valence-electron chi connectivity index (χ1n) is 10.7. The first-order valence-corrected chi connectivity index (χ1v) is 11.6. The van der Waals surface area contributed by atoms with Crippen molar-refractivity contribution >= 4 is 40.3 Å². The Kier molecular flexibility index (Phi) is 6.07. The number of thioether (sulfide) groups is 1. The van der Waals surface area contributed by atoms with Gasteiger partial charge in [0.15, 0.2) is 5.16 Å². The molecule has 176 valence electrons. The van der Waals surface area contributed by atoms with Crippen LogP contribution in [-0.2, 0) is 9.53 Å². The van der Waals surface area contributed by atoms with Crippen LogP contribution in [0.2, 0.25) is 0 Å². The smallest absolute Gasteiger partial charge is 0.323 e. The van der Waals surface area contributed by atoms with Crippen molar-refractivity contribution in [1.82, 2.24) is 24.7 Å². The number of halogens is 1. The molecule has 1 fully saturated rings. The van der Waals surface area contributed by atoms with Gasteiger partial charge in [0.1, 0.15) is 5.82 Å². The third kappa shape index (κ3) is 4.54. The van der Waals surface area contributed by atoms with Crippen LogP contribution in [0.25, 0.3) is 16.7 Å². The number of H-pyrrole nitrogens is 2. The number of benzene rings is 2. The summed E-state index contributed by atoms with van der Waals surface area (Å²) in [4.78, 5) is 31.7. The third-order valence-corrected chi connectivity index (χ3v) is 6.45. The number of nitrogens with zero attached hydrogens (tertiary/aromatic N) is 4. The Morgan fingerprint density at radius 1 is 1.15 bits per heavy atom. The second kappa shape index (κ2) is 9.31. The molecule has 34 heavy (non-hydrogen) atoms. The predicted molar refractivity (Wildman–Crippen MR) is 127 cm³/mol. The van der Waals surface area contributed by atoms with Gasteiger partial charge in [0.2, 0.25) is 11.9 Å². The lowest BCUT2D eigenvalue weighted by Crippen LogP contribution is -2.38. The first-order chi connectivity index (χ1) is 16.5. The number of amides is 1. The number of rotatable bonds is 6. The number of carbonyl (C=O) groups is 1. The highest BCUT2D eigenvalue weighted by Gasteiger charge is 2.25. The van der Waals surface area contributed by atoms with Crippen molar-refractivity contribution in [2.24, 2.45) is 0 Å². The fraction of sp³-hybridized carbons (Fsp3) is 0.273. The van der Waals surface area contributed by atoms with Gasteiger partial charge in [-0.2, -0.15) is 0 Å². The van der Waals surface area contributed by atoms with Crippen molar-refractivity contribution in [1.29, 1.82) is 0 Å². The largest absolute Gasteiger partial charge is 0.378 e. The minimum absolute atomic E-state index is 0.246. The molecular weight excluding hydrogens is 461 g/mol. The summed E-state index contributed by atoms with van der Waals surface area (Å²) >= 11 is 1.22. The molecule has 5 rings (SSSR count). The van der Waals surface area contributed by atoms with Gasteiger partial charge in [0.05, 0.1) is 35.2 Å². The highest BCUT2D eigenvalue weighted by molar-refractivity contribution is 8.00. The second-order valence-electron chi connectivity index (χ2n) is 7.79. The molecule has 12 heteroatoms. The second-order valence-corrected chi connectivity index (χ2v) is 9.09. The average molecular weight is 484 g/mol. The highest BCUT2D eigenvalue weighted by atomic mass is 32.2. The Labute approximate surface area is 197 Å². The lowest BCUT2D eigenvalue weighted by atomic mass is 10.2. The van der Waals surface area contributed by atoms with Gasteiger partial charge in [-0.1, -0.05) is 17.8 Å². The Morgan fingerprint density at radius 3 is 2.74 bits per heavy atom. The maximum atomic E-state index is 14.0. The van der Waals surface area contributed by atoms with Crippen LogP contribution in [-0.4, -0.2) is 62.2 Å². The van der Waals surface area contributed by atoms with Crippen LogP contribution in [0.15, 0.2) is 52.4 Å². The van der Waals surface area contributed by atoms with E-state index in [-0.39, 0.29) is 17.4 Å². The normalized spacial score (nSPS) is 14.9. The Bertz CT molecular complexity index is 1390. The molecule has 2 aromatic heterocycles. The number of nitrogens with one attached hydrogen (secondary N) is 3. The molecule has 0 bridgehead atoms. The predicted octanol–water partition coefficient (Wildman–Crippen LogP) is 2.53. The van der Waals surface area contributed by atoms with E-state index < -0.39 is 5.25 Å². The van der Waals surface area contributed by atoms with Crippen molar-refractivity contribution < 1.29 is 13.9 Å². The van der Waals surface area contributed by atoms with Crippen LogP contribution < -0.4 is 15.9 Å². The standard InChI is InChI=1S/C22H22FN7O3S/c1-13(19(31)24-15-5-6-17-18(12-15)26-20(32)25-17)34-22-28-27-21(29-7-9-33-10-8-29)30(22)16-4-2-3-14(23)11-16/h2-6,11-13H,7-10H2,1H3,(H,24,31)(H2,25,26,32). The Balaban J connectivity index is 1.39. The summed E-state index contributed by atoms with van der Waals surface area (Å²) in [6, 6.07) is 11.3. The van der Waals surface area contributed by atoms with Gasteiger partial charge in [-0.15, -0.1) is 10.2 Å². The lowest BCUT2D eigenvalue weighted by molar-refractivity contribution is -0.115. The summed E-state index contributed by atoms with van der Waals surface area (Å²) < 4.78 is 21.2. The quantitative estimate of drug-likeness (QED) is 0.361. The number of carbonyl (C=O) groups excluding carboxylic acids is 1. The molecule has 1 unspecified atom stereocenters. The Hall–Kier alpha value is -3.64. The monoisotopic (exact) mass is 483 g/mol. The molecule has 0 spiro atoms. The molecule has 1 aliphatic heterocycles. The molecule has 3 heterocycles. The summed E-state index contributed by atoms with van der Waals surface area (Å²) in [7, 11) is 0. The van der Waals surface area contributed by atoms with Gasteiger partial charge in [0.25, 0.3) is 0 Å². The van der Waals surface area contributed by atoms with E-state index in [1.807, 2.05) is 4.90 Å². The molecule has 0 aliphatic carbocycles. The first kappa shape index (κ1) is 22.2. The number of hydrogen-bond acceptors (Lipinski definition) is 7. The van der Waals surface area contributed by atoms with E-state index in [1.165, 1.54) is 23.9 Å². The number of morpholine rings is 1. The maximum absolute atomic E-state index is 14.0. The lowest BCUT2D eigenvalue weighted by Gasteiger charge is -2.28. The third-order valence-electron chi connectivity index (χ3n) is 5.41. The maximum Gasteiger partial charge on any atom is 0.323 e. The number of aromatic nitrogens is 5. The summed E-state index contributed by atoms with van der Waals surface area (Å²) in [5.41, 5.74) is 2.08. The van der Waals surface area contributed by atoms with Gasteiger partial charge in [-0.05, 0) is 43.3 Å². The van der Waals surface area contributed by atoms with Crippen molar-refractivity contribution in [3.05, 3.63) is 58.8 Å². The molecule has 10 nitrogen and oxygen atoms in total. The number of anilines is 2. The van der Waals surface area contributed by atoms with Crippen molar-refractivity contribution in [2.75, 3.05) is 36.5 Å². The van der Waals surface area contributed by atoms with E-state index in [0.29, 0.717) is 59.8 Å². The number of aromatic amines is 2. The summed E-state index contributed by atoms with van der Waals surface area (Å²) in [5, 5.41) is 11.5. The van der Waals surface area contributed by atoms with Crippen LogP contribution >= 0.6 is 11.8 Å². The van der Waals surface area contributed by atoms with E-state index in [9.17, 15) is 14.0 Å². The van der Waals surface area contributed by atoms with E-state index in [4.69, 9.17) is 4.74 Å². The molecule has 1 aliphatic rings. The van der Waals surface area contributed by atoms with Crippen LogP contribution in [0.1, 0.15) is 6.92 Å². The molecule has 0 saturated carbocycles. The molecule has 2 aromatic carbocycles. The number of fused-ring (bicyclic) bond motifs is 1. The van der Waals surface area contributed by atoms with Crippen LogP contribution in [0.4, 0.5) is 16.0 Å². The highest BCUT2D eigenvalue weighted by Crippen LogP contribution is 2.30. The number of imidazole rings is 1. The van der Waals surface area contributed by atoms with Crippen molar-refractivity contribution in [2.45, 2.75) is 17.3 Å². The summed E-state index contributed by atoms with van der Waals surface area (Å²) in [6.45, 7) is 4.16. The topological polar surface area (TPSA) is 121 Å². The van der Waals surface area contributed by atoms with Gasteiger partial charge < -0.3 is 24.9 Å². The fourth-order valence-electron chi connectivity index (χ4n) is 3.71. The van der Waals surface area contributed by atoms with Crippen molar-refractivity contribution in [3.63, 3.8) is 0 Å². The van der Waals surface area contributed by atoms with Crippen LogP contribution in [0.3, 0.4) is 0 Å². The van der Waals surface area contributed by atoms with Crippen LogP contribution in [0.5, 0.6) is 0 Å². The van der Waals surface area contributed by atoms with Crippen molar-refractivity contribution in [3.8, 4) is 5.69 Å².